The number of hydrogen-bond acceptors (Lipinski definition) is 2. The van der Waals surface area contributed by atoms with Crippen LogP contribution in [0.1, 0.15) is 39.1 Å². The summed E-state index contributed by atoms with van der Waals surface area (Å²) in [6.45, 7) is 10.9. The van der Waals surface area contributed by atoms with E-state index in [1.807, 2.05) is 6.20 Å². The number of hydrogen-bond donors (Lipinski definition) is 1. The lowest BCUT2D eigenvalue weighted by Gasteiger charge is -2.15. The van der Waals surface area contributed by atoms with Gasteiger partial charge >= 0.3 is 0 Å². The Balaban J connectivity index is 2.25. The predicted molar refractivity (Wildman–Crippen MR) is 64.0 cm³/mol. The lowest BCUT2D eigenvalue weighted by atomic mass is 10.2. The van der Waals surface area contributed by atoms with Gasteiger partial charge in [0, 0.05) is 18.4 Å². The molecule has 0 aromatic carbocycles. The van der Waals surface area contributed by atoms with Crippen LogP contribution in [0.15, 0.2) is 12.4 Å². The maximum atomic E-state index is 4.24. The van der Waals surface area contributed by atoms with E-state index in [1.165, 1.54) is 0 Å². The van der Waals surface area contributed by atoms with Crippen LogP contribution in [0.3, 0.4) is 0 Å². The van der Waals surface area contributed by atoms with E-state index < -0.39 is 0 Å². The van der Waals surface area contributed by atoms with E-state index in [-0.39, 0.29) is 0 Å². The average Bonchev–Trinajstić information content (AvgIpc) is 2.58. The van der Waals surface area contributed by atoms with Gasteiger partial charge in [-0.15, -0.1) is 0 Å². The second-order valence-corrected chi connectivity index (χ2v) is 4.62. The summed E-state index contributed by atoms with van der Waals surface area (Å²) in [7, 11) is 0. The molecule has 0 saturated heterocycles. The fourth-order valence-corrected chi connectivity index (χ4v) is 1.69. The molecule has 0 saturated carbocycles. The van der Waals surface area contributed by atoms with Crippen molar-refractivity contribution in [3.05, 3.63) is 18.2 Å². The fraction of sp³-hybridized carbons (Fsp3) is 0.750. The smallest absolute Gasteiger partial charge is 0.105 e. The lowest BCUT2D eigenvalue weighted by molar-refractivity contribution is 0.458. The van der Waals surface area contributed by atoms with E-state index in [2.05, 4.69) is 48.8 Å². The van der Waals surface area contributed by atoms with Crippen LogP contribution in [0.5, 0.6) is 0 Å². The van der Waals surface area contributed by atoms with Crippen molar-refractivity contribution in [3.8, 4) is 0 Å². The number of nitrogens with zero attached hydrogens (tertiary/aromatic N) is 2. The first-order valence-electron chi connectivity index (χ1n) is 5.81. The molecule has 0 aliphatic carbocycles. The summed E-state index contributed by atoms with van der Waals surface area (Å²) in [5.41, 5.74) is 0. The van der Waals surface area contributed by atoms with Crippen molar-refractivity contribution in [1.82, 2.24) is 14.9 Å². The van der Waals surface area contributed by atoms with Crippen molar-refractivity contribution in [1.29, 1.82) is 0 Å². The Bertz CT molecular complexity index is 278. The summed E-state index contributed by atoms with van der Waals surface area (Å²) >= 11 is 0. The molecule has 0 amide bonds. The first-order valence-corrected chi connectivity index (χ1v) is 5.81. The Kier molecular flexibility index (Phi) is 4.82. The van der Waals surface area contributed by atoms with E-state index in [4.69, 9.17) is 0 Å². The number of imidazole rings is 1. The SMILES string of the molecule is Cc1nccn1C(C)CCNCC(C)C. The van der Waals surface area contributed by atoms with Gasteiger partial charge in [0.05, 0.1) is 0 Å². The molecule has 0 fully saturated rings. The van der Waals surface area contributed by atoms with Crippen LogP contribution in [-0.4, -0.2) is 22.6 Å². The van der Waals surface area contributed by atoms with Crippen molar-refractivity contribution in [2.24, 2.45) is 5.92 Å². The second-order valence-electron chi connectivity index (χ2n) is 4.62. The van der Waals surface area contributed by atoms with Crippen LogP contribution in [0, 0.1) is 12.8 Å². The van der Waals surface area contributed by atoms with E-state index >= 15 is 0 Å². The molecule has 0 spiro atoms. The Morgan fingerprint density at radius 3 is 2.67 bits per heavy atom. The number of nitrogens with one attached hydrogen (secondary N) is 1. The quantitative estimate of drug-likeness (QED) is 0.729. The molecular formula is C12H23N3. The maximum Gasteiger partial charge on any atom is 0.105 e. The monoisotopic (exact) mass is 209 g/mol. The summed E-state index contributed by atoms with van der Waals surface area (Å²) in [4.78, 5) is 4.24. The molecule has 1 rings (SSSR count). The maximum absolute atomic E-state index is 4.24. The van der Waals surface area contributed by atoms with Crippen LogP contribution < -0.4 is 5.32 Å². The zero-order valence-corrected chi connectivity index (χ0v) is 10.3. The van der Waals surface area contributed by atoms with Gasteiger partial charge in [-0.05, 0) is 39.3 Å². The highest BCUT2D eigenvalue weighted by Gasteiger charge is 2.06. The minimum absolute atomic E-state index is 0.534. The third-order valence-electron chi connectivity index (χ3n) is 2.63. The molecule has 1 aromatic rings. The molecule has 86 valence electrons. The van der Waals surface area contributed by atoms with Gasteiger partial charge in [-0.2, -0.15) is 0 Å². The molecule has 3 heteroatoms. The van der Waals surface area contributed by atoms with E-state index in [0.29, 0.717) is 6.04 Å². The van der Waals surface area contributed by atoms with Crippen LogP contribution >= 0.6 is 0 Å². The fourth-order valence-electron chi connectivity index (χ4n) is 1.69. The summed E-state index contributed by atoms with van der Waals surface area (Å²) in [5, 5.41) is 3.46. The van der Waals surface area contributed by atoms with Gasteiger partial charge in [-0.3, -0.25) is 0 Å². The Morgan fingerprint density at radius 1 is 1.40 bits per heavy atom. The third kappa shape index (κ3) is 4.04. The van der Waals surface area contributed by atoms with Crippen molar-refractivity contribution >= 4 is 0 Å². The highest BCUT2D eigenvalue weighted by molar-refractivity contribution is 4.91. The van der Waals surface area contributed by atoms with Crippen LogP contribution in [-0.2, 0) is 0 Å². The van der Waals surface area contributed by atoms with Crippen molar-refractivity contribution in [3.63, 3.8) is 0 Å². The zero-order chi connectivity index (χ0) is 11.3. The molecule has 1 atom stereocenters. The van der Waals surface area contributed by atoms with Gasteiger partial charge in [0.2, 0.25) is 0 Å². The van der Waals surface area contributed by atoms with E-state index in [1.54, 1.807) is 0 Å². The second kappa shape index (κ2) is 5.91. The predicted octanol–water partition coefficient (Wildman–Crippen LogP) is 2.39. The molecule has 0 radical (unpaired) electrons. The van der Waals surface area contributed by atoms with Crippen molar-refractivity contribution in [2.45, 2.75) is 40.2 Å². The minimum Gasteiger partial charge on any atom is -0.332 e. The molecule has 0 aliphatic rings. The van der Waals surface area contributed by atoms with Crippen molar-refractivity contribution < 1.29 is 0 Å². The van der Waals surface area contributed by atoms with Crippen molar-refractivity contribution in [2.75, 3.05) is 13.1 Å². The highest BCUT2D eigenvalue weighted by Crippen LogP contribution is 2.11. The Labute approximate surface area is 92.9 Å². The van der Waals surface area contributed by atoms with Gasteiger partial charge in [0.25, 0.3) is 0 Å². The molecule has 0 aliphatic heterocycles. The normalized spacial score (nSPS) is 13.4. The Morgan fingerprint density at radius 2 is 2.13 bits per heavy atom. The standard InChI is InChI=1S/C12H23N3/c1-10(2)9-13-6-5-11(3)15-8-7-14-12(15)4/h7-8,10-11,13H,5-6,9H2,1-4H3. The van der Waals surface area contributed by atoms with Gasteiger partial charge in [0.15, 0.2) is 0 Å². The first-order chi connectivity index (χ1) is 7.11. The average molecular weight is 209 g/mol. The Hall–Kier alpha value is -0.830. The number of aromatic nitrogens is 2. The van der Waals surface area contributed by atoms with Gasteiger partial charge in [0.1, 0.15) is 5.82 Å². The zero-order valence-electron chi connectivity index (χ0n) is 10.3. The van der Waals surface area contributed by atoms with Crippen LogP contribution in [0.4, 0.5) is 0 Å². The minimum atomic E-state index is 0.534. The highest BCUT2D eigenvalue weighted by atomic mass is 15.1. The molecule has 1 heterocycles. The molecule has 3 nitrogen and oxygen atoms in total. The summed E-state index contributed by atoms with van der Waals surface area (Å²) in [6, 6.07) is 0.534. The van der Waals surface area contributed by atoms with Gasteiger partial charge in [-0.25, -0.2) is 4.98 Å². The summed E-state index contributed by atoms with van der Waals surface area (Å²) in [5.74, 6) is 1.83. The molecule has 1 aromatic heterocycles. The van der Waals surface area contributed by atoms with Gasteiger partial charge < -0.3 is 9.88 Å². The third-order valence-corrected chi connectivity index (χ3v) is 2.63. The molecular weight excluding hydrogens is 186 g/mol. The number of rotatable bonds is 6. The van der Waals surface area contributed by atoms with Gasteiger partial charge in [-0.1, -0.05) is 13.8 Å². The van der Waals surface area contributed by atoms with Crippen LogP contribution in [0.2, 0.25) is 0 Å². The van der Waals surface area contributed by atoms with Crippen LogP contribution in [0.25, 0.3) is 0 Å². The largest absolute Gasteiger partial charge is 0.332 e. The first kappa shape index (κ1) is 12.2. The summed E-state index contributed by atoms with van der Waals surface area (Å²) in [6.07, 6.45) is 5.08. The molecule has 1 unspecified atom stereocenters. The topological polar surface area (TPSA) is 29.9 Å². The lowest BCUT2D eigenvalue weighted by Crippen LogP contribution is -2.23. The summed E-state index contributed by atoms with van der Waals surface area (Å²) < 4.78 is 2.23. The van der Waals surface area contributed by atoms with E-state index in [0.717, 1.165) is 31.3 Å². The van der Waals surface area contributed by atoms with E-state index in [9.17, 15) is 0 Å². The molecule has 15 heavy (non-hydrogen) atoms. The molecule has 0 bridgehead atoms. The number of aryl methyl sites for hydroxylation is 1. The molecule has 1 N–H and O–H groups in total.